The Kier molecular flexibility index (Phi) is 11.1. The molecule has 1 saturated heterocycles. The molecule has 7 heteroatoms. The van der Waals surface area contributed by atoms with Gasteiger partial charge < -0.3 is 9.64 Å². The van der Waals surface area contributed by atoms with E-state index in [1.165, 1.54) is 31.3 Å². The van der Waals surface area contributed by atoms with Crippen LogP contribution in [0.3, 0.4) is 0 Å². The van der Waals surface area contributed by atoms with Gasteiger partial charge in [0.2, 0.25) is 0 Å². The minimum absolute atomic E-state index is 0.114. The van der Waals surface area contributed by atoms with Crippen molar-refractivity contribution in [3.05, 3.63) is 51.5 Å². The molecule has 0 N–H and O–H groups in total. The number of aliphatic imine (C=N–C) groups is 1. The van der Waals surface area contributed by atoms with Crippen molar-refractivity contribution in [2.45, 2.75) is 46.5 Å². The molecule has 1 aliphatic heterocycles. The Bertz CT molecular complexity index is 761. The van der Waals surface area contributed by atoms with E-state index >= 15 is 0 Å². The van der Waals surface area contributed by atoms with Crippen molar-refractivity contribution in [2.24, 2.45) is 4.99 Å². The predicted octanol–water partition coefficient (Wildman–Crippen LogP) is 5.92. The first kappa shape index (κ1) is 24.8. The molecule has 1 aliphatic rings. The molecular formula is C22H30F2N2O2S. The minimum Gasteiger partial charge on any atom is -0.471 e. The van der Waals surface area contributed by atoms with Crippen molar-refractivity contribution in [3.8, 4) is 0 Å². The summed E-state index contributed by atoms with van der Waals surface area (Å²) in [4.78, 5) is 16.5. The zero-order chi connectivity index (χ0) is 21.8. The summed E-state index contributed by atoms with van der Waals surface area (Å²) in [5, 5.41) is 1.97. The van der Waals surface area contributed by atoms with E-state index in [1.54, 1.807) is 13.0 Å². The van der Waals surface area contributed by atoms with Crippen LogP contribution < -0.4 is 0 Å². The van der Waals surface area contributed by atoms with E-state index in [2.05, 4.69) is 21.2 Å². The van der Waals surface area contributed by atoms with Crippen molar-refractivity contribution in [1.82, 2.24) is 4.90 Å². The first-order valence-electron chi connectivity index (χ1n) is 9.55. The van der Waals surface area contributed by atoms with E-state index in [1.807, 2.05) is 31.4 Å². The van der Waals surface area contributed by atoms with Crippen LogP contribution >= 0.6 is 11.3 Å². The lowest BCUT2D eigenvalue weighted by atomic mass is 10.1. The number of hydrogen-bond donors (Lipinski definition) is 0. The summed E-state index contributed by atoms with van der Waals surface area (Å²) in [6.07, 6.45) is 4.04. The van der Waals surface area contributed by atoms with Crippen molar-refractivity contribution in [1.29, 1.82) is 0 Å². The molecule has 0 radical (unpaired) electrons. The van der Waals surface area contributed by atoms with Crippen molar-refractivity contribution in [3.63, 3.8) is 0 Å². The molecular weight excluding hydrogens is 394 g/mol. The van der Waals surface area contributed by atoms with Crippen LogP contribution in [0.2, 0.25) is 0 Å². The number of carbonyl (C=O) groups is 1. The van der Waals surface area contributed by atoms with Crippen LogP contribution in [-0.4, -0.2) is 43.7 Å². The van der Waals surface area contributed by atoms with E-state index in [0.717, 1.165) is 29.2 Å². The van der Waals surface area contributed by atoms with Gasteiger partial charge in [-0.3, -0.25) is 4.79 Å². The van der Waals surface area contributed by atoms with Gasteiger partial charge in [-0.15, -0.1) is 11.3 Å². The van der Waals surface area contributed by atoms with Crippen LogP contribution in [0.1, 0.15) is 50.5 Å². The second kappa shape index (κ2) is 13.0. The molecule has 0 saturated carbocycles. The van der Waals surface area contributed by atoms with Gasteiger partial charge in [0, 0.05) is 18.8 Å². The van der Waals surface area contributed by atoms with Gasteiger partial charge in [0.15, 0.2) is 0 Å². The van der Waals surface area contributed by atoms with Gasteiger partial charge in [-0.1, -0.05) is 19.6 Å². The summed E-state index contributed by atoms with van der Waals surface area (Å²) < 4.78 is 30.9. The molecule has 0 spiro atoms. The number of halogens is 2. The molecule has 1 aromatic rings. The van der Waals surface area contributed by atoms with Crippen molar-refractivity contribution in [2.75, 3.05) is 20.2 Å². The summed E-state index contributed by atoms with van der Waals surface area (Å²) >= 11 is 1.51. The fraction of sp³-hybridized carbons (Fsp3) is 0.455. The number of carbonyl (C=O) groups excluding carboxylic acids is 1. The average molecular weight is 425 g/mol. The Balaban J connectivity index is 0.000000960. The third kappa shape index (κ3) is 7.93. The number of likely N-dealkylation sites (tertiary alicyclic amines) is 1. The third-order valence-corrected chi connectivity index (χ3v) is 5.54. The molecule has 160 valence electrons. The van der Waals surface area contributed by atoms with E-state index in [4.69, 9.17) is 4.79 Å². The number of allylic oxidation sites excluding steroid dienone is 4. The highest BCUT2D eigenvalue weighted by molar-refractivity contribution is 7.12. The SMILES string of the molecule is C=Cc1csc(C(/C=C(\C)N2CCCC2)=N\C(=C(/C)CC)C(F)F)c1.COC=O. The number of ether oxygens (including phenoxy) is 1. The standard InChI is InChI=1S/C20H26F2N2S.C2H4O2/c1-5-14(3)19(20(21)22)23-17(18-12-16(6-2)13-25-18)11-15(4)24-9-7-8-10-24;1-4-2-3/h6,11-13,20H,2,5,7-10H2,1,3-4H3;2H,1H3/b15-11+,19-14+,23-17-;. The first-order chi connectivity index (χ1) is 13.9. The van der Waals surface area contributed by atoms with E-state index in [0.29, 0.717) is 24.2 Å². The van der Waals surface area contributed by atoms with Crippen LogP contribution in [-0.2, 0) is 9.53 Å². The lowest BCUT2D eigenvalue weighted by Crippen LogP contribution is -2.17. The molecule has 0 aliphatic carbocycles. The van der Waals surface area contributed by atoms with Crippen molar-refractivity contribution >= 4 is 29.6 Å². The first-order valence-corrected chi connectivity index (χ1v) is 10.4. The Labute approximate surface area is 176 Å². The topological polar surface area (TPSA) is 41.9 Å². The maximum absolute atomic E-state index is 13.5. The molecule has 1 fully saturated rings. The monoisotopic (exact) mass is 424 g/mol. The molecule has 2 heterocycles. The quantitative estimate of drug-likeness (QED) is 0.384. The summed E-state index contributed by atoms with van der Waals surface area (Å²) in [5.74, 6) is 0. The number of methoxy groups -OCH3 is 1. The molecule has 0 aromatic carbocycles. The smallest absolute Gasteiger partial charge is 0.292 e. The second-order valence-electron chi connectivity index (χ2n) is 6.58. The molecule has 0 atom stereocenters. The van der Waals surface area contributed by atoms with Gasteiger partial charge >= 0.3 is 0 Å². The number of rotatable bonds is 8. The lowest BCUT2D eigenvalue weighted by Gasteiger charge is -2.18. The summed E-state index contributed by atoms with van der Waals surface area (Å²) in [6, 6.07) is 1.95. The van der Waals surface area contributed by atoms with Gasteiger partial charge in [0.05, 0.1) is 17.7 Å². The maximum Gasteiger partial charge on any atom is 0.292 e. The largest absolute Gasteiger partial charge is 0.471 e. The fourth-order valence-electron chi connectivity index (χ4n) is 2.75. The van der Waals surface area contributed by atoms with E-state index in [-0.39, 0.29) is 5.70 Å². The summed E-state index contributed by atoms with van der Waals surface area (Å²) in [5.41, 5.74) is 3.17. The Morgan fingerprint density at radius 2 is 2.00 bits per heavy atom. The number of alkyl halides is 2. The van der Waals surface area contributed by atoms with E-state index < -0.39 is 6.43 Å². The molecule has 2 rings (SSSR count). The third-order valence-electron chi connectivity index (χ3n) is 4.57. The molecule has 1 aromatic heterocycles. The molecule has 0 amide bonds. The Morgan fingerprint density at radius 1 is 1.38 bits per heavy atom. The highest BCUT2D eigenvalue weighted by Crippen LogP contribution is 2.24. The lowest BCUT2D eigenvalue weighted by molar-refractivity contribution is -0.126. The highest BCUT2D eigenvalue weighted by Gasteiger charge is 2.17. The van der Waals surface area contributed by atoms with Crippen LogP contribution in [0.25, 0.3) is 6.08 Å². The average Bonchev–Trinajstić information content (AvgIpc) is 3.42. The number of thiophene rings is 1. The summed E-state index contributed by atoms with van der Waals surface area (Å²) in [7, 11) is 1.31. The van der Waals surface area contributed by atoms with Crippen molar-refractivity contribution < 1.29 is 18.3 Å². The normalized spacial score (nSPS) is 15.6. The number of nitrogens with zero attached hydrogens (tertiary/aromatic N) is 2. The zero-order valence-electron chi connectivity index (χ0n) is 17.6. The van der Waals surface area contributed by atoms with Crippen LogP contribution in [0.4, 0.5) is 8.78 Å². The van der Waals surface area contributed by atoms with Gasteiger partial charge in [-0.2, -0.15) is 0 Å². The van der Waals surface area contributed by atoms with E-state index in [9.17, 15) is 8.78 Å². The fourth-order valence-corrected chi connectivity index (χ4v) is 3.61. The van der Waals surface area contributed by atoms with Crippen LogP contribution in [0.15, 0.2) is 46.1 Å². The number of hydrogen-bond acceptors (Lipinski definition) is 5. The molecule has 4 nitrogen and oxygen atoms in total. The molecule has 0 unspecified atom stereocenters. The van der Waals surface area contributed by atoms with Crippen LogP contribution in [0.5, 0.6) is 0 Å². The van der Waals surface area contributed by atoms with Gasteiger partial charge in [-0.25, -0.2) is 13.8 Å². The zero-order valence-corrected chi connectivity index (χ0v) is 18.4. The van der Waals surface area contributed by atoms with Gasteiger partial charge in [0.25, 0.3) is 12.9 Å². The Morgan fingerprint density at radius 3 is 2.45 bits per heavy atom. The second-order valence-corrected chi connectivity index (χ2v) is 7.49. The Hall–Kier alpha value is -2.28. The van der Waals surface area contributed by atoms with Crippen LogP contribution in [0, 0.1) is 0 Å². The summed E-state index contributed by atoms with van der Waals surface area (Å²) in [6.45, 7) is 11.8. The highest BCUT2D eigenvalue weighted by atomic mass is 32.1. The molecule has 0 bridgehead atoms. The minimum atomic E-state index is -2.57. The predicted molar refractivity (Wildman–Crippen MR) is 118 cm³/mol. The molecule has 29 heavy (non-hydrogen) atoms. The van der Waals surface area contributed by atoms with Gasteiger partial charge in [0.1, 0.15) is 5.70 Å². The maximum atomic E-state index is 13.5. The van der Waals surface area contributed by atoms with Gasteiger partial charge in [-0.05, 0) is 61.8 Å².